The molecule has 0 unspecified atom stereocenters. The van der Waals surface area contributed by atoms with Crippen LogP contribution in [0.2, 0.25) is 0 Å². The number of pyridine rings is 1. The van der Waals surface area contributed by atoms with Crippen LogP contribution in [0.4, 0.5) is 0 Å². The van der Waals surface area contributed by atoms with Gasteiger partial charge in [0.25, 0.3) is 5.56 Å². The van der Waals surface area contributed by atoms with Crippen LogP contribution in [0.15, 0.2) is 75.7 Å². The molecule has 1 aromatic carbocycles. The van der Waals surface area contributed by atoms with Crippen molar-refractivity contribution in [2.75, 3.05) is 0 Å². The smallest absolute Gasteiger partial charge is 0.258 e. The van der Waals surface area contributed by atoms with Crippen LogP contribution in [0.5, 0.6) is 0 Å². The lowest BCUT2D eigenvalue weighted by molar-refractivity contribution is 0.748. The molecule has 4 rings (SSSR count). The number of thioether (sulfide) groups is 1. The molecule has 0 aliphatic carbocycles. The van der Waals surface area contributed by atoms with E-state index in [4.69, 9.17) is 4.98 Å². The molecule has 0 saturated heterocycles. The van der Waals surface area contributed by atoms with E-state index in [1.54, 1.807) is 24.0 Å². The summed E-state index contributed by atoms with van der Waals surface area (Å²) in [6.07, 6.45) is 3.59. The minimum atomic E-state index is -0.0912. The molecule has 3 aromatic heterocycles. The van der Waals surface area contributed by atoms with Crippen LogP contribution in [0, 0.1) is 0 Å². The quantitative estimate of drug-likeness (QED) is 0.352. The molecule has 0 saturated carbocycles. The number of imidazole rings is 1. The standard InChI is InChI=1S/C19H15BrN4OS/c1-2-9-23-16-6-4-3-5-15(16)22-19(23)26-12-14-10-18(25)24-11-13(20)7-8-17(24)21-14/h2-8,10-11H,1,9,12H2. The van der Waals surface area contributed by atoms with Gasteiger partial charge in [0.1, 0.15) is 5.65 Å². The highest BCUT2D eigenvalue weighted by molar-refractivity contribution is 9.10. The molecule has 26 heavy (non-hydrogen) atoms. The largest absolute Gasteiger partial charge is 0.315 e. The predicted molar refractivity (Wildman–Crippen MR) is 109 cm³/mol. The summed E-state index contributed by atoms with van der Waals surface area (Å²) in [5.41, 5.74) is 3.31. The van der Waals surface area contributed by atoms with Crippen LogP contribution in [0.25, 0.3) is 16.7 Å². The van der Waals surface area contributed by atoms with E-state index >= 15 is 0 Å². The summed E-state index contributed by atoms with van der Waals surface area (Å²) in [6.45, 7) is 4.52. The van der Waals surface area contributed by atoms with Gasteiger partial charge in [-0.05, 0) is 40.2 Å². The van der Waals surface area contributed by atoms with Crippen molar-refractivity contribution in [3.05, 3.63) is 81.8 Å². The van der Waals surface area contributed by atoms with Gasteiger partial charge in [-0.1, -0.05) is 30.0 Å². The number of benzene rings is 1. The number of para-hydroxylation sites is 2. The minimum Gasteiger partial charge on any atom is -0.315 e. The summed E-state index contributed by atoms with van der Waals surface area (Å²) in [6, 6.07) is 13.3. The minimum absolute atomic E-state index is 0.0912. The summed E-state index contributed by atoms with van der Waals surface area (Å²) < 4.78 is 4.50. The van der Waals surface area contributed by atoms with E-state index in [9.17, 15) is 4.79 Å². The molecule has 5 nitrogen and oxygen atoms in total. The van der Waals surface area contributed by atoms with Crippen molar-refractivity contribution in [1.82, 2.24) is 18.9 Å². The molecule has 0 spiro atoms. The lowest BCUT2D eigenvalue weighted by atomic mass is 10.3. The zero-order valence-electron chi connectivity index (χ0n) is 13.8. The zero-order valence-corrected chi connectivity index (χ0v) is 16.2. The Balaban J connectivity index is 1.67. The van der Waals surface area contributed by atoms with Gasteiger partial charge < -0.3 is 4.57 Å². The third-order valence-corrected chi connectivity index (χ3v) is 5.44. The van der Waals surface area contributed by atoms with Crippen LogP contribution in [0.1, 0.15) is 5.69 Å². The molecule has 0 N–H and O–H groups in total. The van der Waals surface area contributed by atoms with Gasteiger partial charge >= 0.3 is 0 Å². The third-order valence-electron chi connectivity index (χ3n) is 3.96. The zero-order chi connectivity index (χ0) is 18.1. The number of hydrogen-bond donors (Lipinski definition) is 0. The molecule has 0 bridgehead atoms. The number of allylic oxidation sites excluding steroid dienone is 1. The first-order valence-electron chi connectivity index (χ1n) is 8.02. The fourth-order valence-corrected chi connectivity index (χ4v) is 4.06. The van der Waals surface area contributed by atoms with E-state index in [-0.39, 0.29) is 5.56 Å². The van der Waals surface area contributed by atoms with Crippen molar-refractivity contribution in [2.24, 2.45) is 0 Å². The first kappa shape index (κ1) is 17.1. The first-order chi connectivity index (χ1) is 12.7. The van der Waals surface area contributed by atoms with Crippen LogP contribution in [0.3, 0.4) is 0 Å². The Hall–Kier alpha value is -2.38. The van der Waals surface area contributed by atoms with Crippen molar-refractivity contribution in [2.45, 2.75) is 17.5 Å². The van der Waals surface area contributed by atoms with Crippen LogP contribution < -0.4 is 5.56 Å². The predicted octanol–water partition coefficient (Wildman–Crippen LogP) is 4.29. The van der Waals surface area contributed by atoms with Gasteiger partial charge in [-0.15, -0.1) is 6.58 Å². The Morgan fingerprint density at radius 2 is 2.04 bits per heavy atom. The molecule has 4 aromatic rings. The molecule has 3 heterocycles. The molecular formula is C19H15BrN4OS. The van der Waals surface area contributed by atoms with Gasteiger partial charge in [-0.3, -0.25) is 9.20 Å². The van der Waals surface area contributed by atoms with Gasteiger partial charge in [-0.2, -0.15) is 0 Å². The van der Waals surface area contributed by atoms with Gasteiger partial charge in [0, 0.05) is 29.0 Å². The molecule has 0 atom stereocenters. The van der Waals surface area contributed by atoms with Crippen LogP contribution >= 0.6 is 27.7 Å². The fraction of sp³-hybridized carbons (Fsp3) is 0.105. The van der Waals surface area contributed by atoms with Gasteiger partial charge in [-0.25, -0.2) is 9.97 Å². The Labute approximate surface area is 162 Å². The van der Waals surface area contributed by atoms with Gasteiger partial charge in [0.05, 0.1) is 16.7 Å². The molecule has 130 valence electrons. The average molecular weight is 427 g/mol. The van der Waals surface area contributed by atoms with Crippen molar-refractivity contribution in [3.8, 4) is 0 Å². The second kappa shape index (κ2) is 7.09. The maximum absolute atomic E-state index is 12.3. The van der Waals surface area contributed by atoms with E-state index in [1.807, 2.05) is 36.4 Å². The van der Waals surface area contributed by atoms with Crippen LogP contribution in [-0.4, -0.2) is 18.9 Å². The molecule has 0 amide bonds. The first-order valence-corrected chi connectivity index (χ1v) is 9.80. The van der Waals surface area contributed by atoms with E-state index < -0.39 is 0 Å². The lowest BCUT2D eigenvalue weighted by Gasteiger charge is -2.07. The Kier molecular flexibility index (Phi) is 4.65. The van der Waals surface area contributed by atoms with E-state index in [2.05, 4.69) is 38.1 Å². The molecule has 7 heteroatoms. The normalized spacial score (nSPS) is 11.3. The van der Waals surface area contributed by atoms with E-state index in [1.165, 1.54) is 4.40 Å². The van der Waals surface area contributed by atoms with Crippen molar-refractivity contribution >= 4 is 44.4 Å². The second-order valence-corrected chi connectivity index (χ2v) is 7.59. The number of hydrogen-bond acceptors (Lipinski definition) is 4. The highest BCUT2D eigenvalue weighted by Crippen LogP contribution is 2.26. The number of rotatable bonds is 5. The summed E-state index contributed by atoms with van der Waals surface area (Å²) in [5.74, 6) is 0.572. The van der Waals surface area contributed by atoms with Crippen molar-refractivity contribution in [3.63, 3.8) is 0 Å². The third kappa shape index (κ3) is 3.20. The topological polar surface area (TPSA) is 52.2 Å². The van der Waals surface area contributed by atoms with E-state index in [0.29, 0.717) is 17.9 Å². The second-order valence-electron chi connectivity index (χ2n) is 5.73. The number of aromatic nitrogens is 4. The summed E-state index contributed by atoms with van der Waals surface area (Å²) >= 11 is 4.95. The van der Waals surface area contributed by atoms with Crippen molar-refractivity contribution < 1.29 is 0 Å². The lowest BCUT2D eigenvalue weighted by Crippen LogP contribution is -2.15. The van der Waals surface area contributed by atoms with Gasteiger partial charge in [0.2, 0.25) is 0 Å². The van der Waals surface area contributed by atoms with Crippen molar-refractivity contribution in [1.29, 1.82) is 0 Å². The van der Waals surface area contributed by atoms with Gasteiger partial charge in [0.15, 0.2) is 5.16 Å². The van der Waals surface area contributed by atoms with E-state index in [0.717, 1.165) is 26.4 Å². The summed E-state index contributed by atoms with van der Waals surface area (Å²) in [7, 11) is 0. The summed E-state index contributed by atoms with van der Waals surface area (Å²) in [4.78, 5) is 21.6. The Morgan fingerprint density at radius 1 is 1.19 bits per heavy atom. The monoisotopic (exact) mass is 426 g/mol. The Bertz CT molecular complexity index is 1180. The SMILES string of the molecule is C=CCn1c(SCc2cc(=O)n3cc(Br)ccc3n2)nc2ccccc21. The van der Waals surface area contributed by atoms with Crippen LogP contribution in [-0.2, 0) is 12.3 Å². The molecule has 0 aliphatic heterocycles. The molecule has 0 fully saturated rings. The fourth-order valence-electron chi connectivity index (χ4n) is 2.81. The maximum atomic E-state index is 12.3. The maximum Gasteiger partial charge on any atom is 0.258 e. The summed E-state index contributed by atoms with van der Waals surface area (Å²) in [5, 5.41) is 0.893. The Morgan fingerprint density at radius 3 is 2.88 bits per heavy atom. The number of halogens is 1. The number of nitrogens with zero attached hydrogens (tertiary/aromatic N) is 4. The highest BCUT2D eigenvalue weighted by Gasteiger charge is 2.11. The highest BCUT2D eigenvalue weighted by atomic mass is 79.9. The molecular weight excluding hydrogens is 412 g/mol. The average Bonchev–Trinajstić information content (AvgIpc) is 2.99. The number of fused-ring (bicyclic) bond motifs is 2. The molecule has 0 aliphatic rings. The molecule has 0 radical (unpaired) electrons.